The van der Waals surface area contributed by atoms with Gasteiger partial charge in [0.15, 0.2) is 0 Å². The molecule has 1 saturated heterocycles. The van der Waals surface area contributed by atoms with Crippen molar-refractivity contribution in [1.29, 1.82) is 0 Å². The molecule has 1 aliphatic heterocycles. The van der Waals surface area contributed by atoms with Crippen molar-refractivity contribution >= 4 is 5.91 Å². The van der Waals surface area contributed by atoms with Gasteiger partial charge in [-0.05, 0) is 32.2 Å². The van der Waals surface area contributed by atoms with Gasteiger partial charge in [-0.3, -0.25) is 15.1 Å². The largest absolute Gasteiger partial charge is 0.297 e. The molecule has 88 valence electrons. The molecule has 0 bridgehead atoms. The summed E-state index contributed by atoms with van der Waals surface area (Å²) in [4.78, 5) is 13.6. The summed E-state index contributed by atoms with van der Waals surface area (Å²) in [5, 5.41) is 0. The molecule has 1 heterocycles. The lowest BCUT2D eigenvalue weighted by molar-refractivity contribution is -0.122. The van der Waals surface area contributed by atoms with Gasteiger partial charge in [0.25, 0.3) is 0 Å². The summed E-state index contributed by atoms with van der Waals surface area (Å²) >= 11 is 0. The average Bonchev–Trinajstić information content (AvgIpc) is 2.65. The van der Waals surface area contributed by atoms with Gasteiger partial charge in [-0.2, -0.15) is 0 Å². The lowest BCUT2D eigenvalue weighted by atomic mass is 10.0. The predicted octanol–water partition coefficient (Wildman–Crippen LogP) is 0.875. The molecule has 0 saturated carbocycles. The minimum Gasteiger partial charge on any atom is -0.297 e. The molecule has 2 unspecified atom stereocenters. The molecule has 4 nitrogen and oxygen atoms in total. The minimum absolute atomic E-state index is 0.0723. The molecule has 1 amide bonds. The Labute approximate surface area is 92.2 Å². The zero-order valence-electron chi connectivity index (χ0n) is 9.99. The van der Waals surface area contributed by atoms with E-state index in [1.54, 1.807) is 0 Å². The highest BCUT2D eigenvalue weighted by molar-refractivity contribution is 5.75. The summed E-state index contributed by atoms with van der Waals surface area (Å²) in [6.45, 7) is 7.72. The third-order valence-corrected chi connectivity index (χ3v) is 3.32. The van der Waals surface area contributed by atoms with Crippen LogP contribution in [0.5, 0.6) is 0 Å². The monoisotopic (exact) mass is 213 g/mol. The summed E-state index contributed by atoms with van der Waals surface area (Å²) in [5.41, 5.74) is 2.20. The van der Waals surface area contributed by atoms with Gasteiger partial charge in [0.1, 0.15) is 0 Å². The highest BCUT2D eigenvalue weighted by Gasteiger charge is 2.30. The Balaban J connectivity index is 2.50. The number of hydrogen-bond donors (Lipinski definition) is 2. The van der Waals surface area contributed by atoms with Crippen molar-refractivity contribution in [2.24, 2.45) is 11.8 Å². The Bertz CT molecular complexity index is 218. The van der Waals surface area contributed by atoms with E-state index in [1.165, 1.54) is 12.8 Å². The summed E-state index contributed by atoms with van der Waals surface area (Å²) in [5.74, 6) is 5.69. The van der Waals surface area contributed by atoms with Gasteiger partial charge >= 0.3 is 0 Å². The molecule has 2 atom stereocenters. The van der Waals surface area contributed by atoms with E-state index in [0.717, 1.165) is 6.54 Å². The number of likely N-dealkylation sites (tertiary alicyclic amines) is 1. The number of hydrogen-bond acceptors (Lipinski definition) is 3. The van der Waals surface area contributed by atoms with Crippen LogP contribution in [0.3, 0.4) is 0 Å². The fourth-order valence-corrected chi connectivity index (χ4v) is 2.52. The number of carbonyl (C=O) groups is 1. The van der Waals surface area contributed by atoms with E-state index in [4.69, 9.17) is 5.84 Å². The molecule has 0 radical (unpaired) electrons. The van der Waals surface area contributed by atoms with Gasteiger partial charge in [-0.15, -0.1) is 0 Å². The Hall–Kier alpha value is -0.610. The molecule has 0 spiro atoms. The van der Waals surface area contributed by atoms with E-state index in [0.29, 0.717) is 24.4 Å². The Morgan fingerprint density at radius 1 is 1.53 bits per heavy atom. The van der Waals surface area contributed by atoms with Crippen molar-refractivity contribution in [3.05, 3.63) is 0 Å². The van der Waals surface area contributed by atoms with E-state index >= 15 is 0 Å². The SMILES string of the molecule is CC(C)C1CCCN1C(C)CC(=O)NN. The maximum Gasteiger partial charge on any atom is 0.235 e. The summed E-state index contributed by atoms with van der Waals surface area (Å²) in [6.07, 6.45) is 3.00. The third kappa shape index (κ3) is 3.18. The van der Waals surface area contributed by atoms with E-state index in [-0.39, 0.29) is 5.91 Å². The van der Waals surface area contributed by atoms with Crippen molar-refractivity contribution in [3.8, 4) is 0 Å². The number of hydrazine groups is 1. The first kappa shape index (κ1) is 12.5. The summed E-state index contributed by atoms with van der Waals surface area (Å²) < 4.78 is 0. The molecule has 3 N–H and O–H groups in total. The van der Waals surface area contributed by atoms with Gasteiger partial charge in [-0.1, -0.05) is 13.8 Å². The maximum atomic E-state index is 11.2. The van der Waals surface area contributed by atoms with Crippen molar-refractivity contribution < 1.29 is 4.79 Å². The fourth-order valence-electron chi connectivity index (χ4n) is 2.52. The quantitative estimate of drug-likeness (QED) is 0.414. The first-order valence-corrected chi connectivity index (χ1v) is 5.81. The standard InChI is InChI=1S/C11H23N3O/c1-8(2)10-5-4-6-14(10)9(3)7-11(15)13-12/h8-10H,4-7,12H2,1-3H3,(H,13,15). The first-order chi connectivity index (χ1) is 7.06. The van der Waals surface area contributed by atoms with Gasteiger partial charge in [0.05, 0.1) is 0 Å². The summed E-state index contributed by atoms with van der Waals surface area (Å²) in [7, 11) is 0. The highest BCUT2D eigenvalue weighted by atomic mass is 16.2. The molecule has 0 aromatic rings. The molecule has 0 aliphatic carbocycles. The molecule has 15 heavy (non-hydrogen) atoms. The molecular weight excluding hydrogens is 190 g/mol. The van der Waals surface area contributed by atoms with Crippen molar-refractivity contribution in [2.75, 3.05) is 6.54 Å². The van der Waals surface area contributed by atoms with Crippen LogP contribution in [0.2, 0.25) is 0 Å². The van der Waals surface area contributed by atoms with Crippen LogP contribution in [-0.4, -0.2) is 29.4 Å². The van der Waals surface area contributed by atoms with E-state index < -0.39 is 0 Å². The zero-order chi connectivity index (χ0) is 11.4. The minimum atomic E-state index is -0.0723. The number of carbonyl (C=O) groups excluding carboxylic acids is 1. The Morgan fingerprint density at radius 3 is 2.73 bits per heavy atom. The lowest BCUT2D eigenvalue weighted by Gasteiger charge is -2.32. The smallest absolute Gasteiger partial charge is 0.235 e. The van der Waals surface area contributed by atoms with E-state index in [1.807, 2.05) is 0 Å². The molecule has 1 rings (SSSR count). The lowest BCUT2D eigenvalue weighted by Crippen LogP contribution is -2.43. The second kappa shape index (κ2) is 5.47. The highest BCUT2D eigenvalue weighted by Crippen LogP contribution is 2.26. The van der Waals surface area contributed by atoms with Crippen LogP contribution in [0.4, 0.5) is 0 Å². The summed E-state index contributed by atoms with van der Waals surface area (Å²) in [6, 6.07) is 0.925. The molecule has 1 aliphatic rings. The van der Waals surface area contributed by atoms with Gasteiger partial charge in [0.2, 0.25) is 5.91 Å². The maximum absolute atomic E-state index is 11.2. The van der Waals surface area contributed by atoms with Crippen LogP contribution in [0.25, 0.3) is 0 Å². The van der Waals surface area contributed by atoms with Gasteiger partial charge in [-0.25, -0.2) is 5.84 Å². The van der Waals surface area contributed by atoms with Crippen molar-refractivity contribution in [3.63, 3.8) is 0 Å². The molecule has 0 aromatic heterocycles. The van der Waals surface area contributed by atoms with Crippen LogP contribution >= 0.6 is 0 Å². The van der Waals surface area contributed by atoms with Crippen LogP contribution in [0.1, 0.15) is 40.0 Å². The van der Waals surface area contributed by atoms with Crippen LogP contribution < -0.4 is 11.3 Å². The van der Waals surface area contributed by atoms with Gasteiger partial charge < -0.3 is 0 Å². The number of nitrogens with two attached hydrogens (primary N) is 1. The second-order valence-corrected chi connectivity index (χ2v) is 4.81. The van der Waals surface area contributed by atoms with E-state index in [2.05, 4.69) is 31.1 Å². The number of amides is 1. The van der Waals surface area contributed by atoms with Crippen molar-refractivity contribution in [1.82, 2.24) is 10.3 Å². The van der Waals surface area contributed by atoms with Crippen molar-refractivity contribution in [2.45, 2.75) is 52.1 Å². The molecule has 0 aromatic carbocycles. The molecule has 1 fully saturated rings. The second-order valence-electron chi connectivity index (χ2n) is 4.81. The zero-order valence-corrected chi connectivity index (χ0v) is 9.99. The Morgan fingerprint density at radius 2 is 2.20 bits per heavy atom. The average molecular weight is 213 g/mol. The topological polar surface area (TPSA) is 58.4 Å². The molecule has 4 heteroatoms. The predicted molar refractivity (Wildman–Crippen MR) is 61.0 cm³/mol. The number of nitrogens with zero attached hydrogens (tertiary/aromatic N) is 1. The van der Waals surface area contributed by atoms with Gasteiger partial charge in [0, 0.05) is 18.5 Å². The number of rotatable bonds is 4. The fraction of sp³-hybridized carbons (Fsp3) is 0.909. The van der Waals surface area contributed by atoms with Crippen LogP contribution in [0.15, 0.2) is 0 Å². The molecular formula is C11H23N3O. The van der Waals surface area contributed by atoms with Crippen LogP contribution in [0, 0.1) is 5.92 Å². The third-order valence-electron chi connectivity index (χ3n) is 3.32. The Kier molecular flexibility index (Phi) is 4.54. The normalized spacial score (nSPS) is 24.5. The first-order valence-electron chi connectivity index (χ1n) is 5.81. The van der Waals surface area contributed by atoms with E-state index in [9.17, 15) is 4.79 Å². The number of nitrogens with one attached hydrogen (secondary N) is 1. The van der Waals surface area contributed by atoms with Crippen LogP contribution in [-0.2, 0) is 4.79 Å².